The van der Waals surface area contributed by atoms with E-state index < -0.39 is 28.3 Å². The number of piperidine rings is 1. The van der Waals surface area contributed by atoms with Gasteiger partial charge in [-0.05, 0) is 98.8 Å². The summed E-state index contributed by atoms with van der Waals surface area (Å²) >= 11 is 0. The lowest BCUT2D eigenvalue weighted by Crippen LogP contribution is -2.41. The van der Waals surface area contributed by atoms with Gasteiger partial charge in [0.2, 0.25) is 5.91 Å². The Morgan fingerprint density at radius 2 is 1.74 bits per heavy atom. The van der Waals surface area contributed by atoms with E-state index in [2.05, 4.69) is 29.3 Å². The maximum absolute atomic E-state index is 13.6. The van der Waals surface area contributed by atoms with E-state index in [-0.39, 0.29) is 16.6 Å². The van der Waals surface area contributed by atoms with Gasteiger partial charge < -0.3 is 15.0 Å². The number of anilines is 2. The average molecular weight is 554 g/mol. The molecule has 2 atom stereocenters. The van der Waals surface area contributed by atoms with Crippen molar-refractivity contribution in [1.82, 2.24) is 5.32 Å². The molecular formula is C30H36FN3O4S. The number of hydrogen-bond acceptors (Lipinski definition) is 5. The average Bonchev–Trinajstić information content (AvgIpc) is 2.93. The van der Waals surface area contributed by atoms with Crippen molar-refractivity contribution < 1.29 is 22.3 Å². The number of carbonyl (C=O) groups is 1. The van der Waals surface area contributed by atoms with Crippen LogP contribution in [-0.4, -0.2) is 40.6 Å². The van der Waals surface area contributed by atoms with Crippen LogP contribution in [0.2, 0.25) is 0 Å². The van der Waals surface area contributed by atoms with E-state index in [1.165, 1.54) is 49.2 Å². The van der Waals surface area contributed by atoms with E-state index in [1.54, 1.807) is 12.1 Å². The molecule has 0 aliphatic carbocycles. The number of benzene rings is 3. The smallest absolute Gasteiger partial charge is 0.264 e. The molecule has 0 bridgehead atoms. The molecule has 3 aromatic carbocycles. The fourth-order valence-electron chi connectivity index (χ4n) is 4.82. The Hall–Kier alpha value is -3.59. The molecule has 1 fully saturated rings. The van der Waals surface area contributed by atoms with Crippen LogP contribution in [0.4, 0.5) is 15.8 Å². The van der Waals surface area contributed by atoms with Crippen LogP contribution in [0.5, 0.6) is 5.75 Å². The van der Waals surface area contributed by atoms with Gasteiger partial charge in [0.15, 0.2) is 0 Å². The van der Waals surface area contributed by atoms with E-state index >= 15 is 0 Å². The third-order valence-corrected chi connectivity index (χ3v) is 8.71. The summed E-state index contributed by atoms with van der Waals surface area (Å²) in [5.41, 5.74) is 2.26. The molecule has 3 aromatic rings. The van der Waals surface area contributed by atoms with Gasteiger partial charge in [0.25, 0.3) is 10.0 Å². The number of nitrogens with zero attached hydrogens (tertiary/aromatic N) is 2. The summed E-state index contributed by atoms with van der Waals surface area (Å²) in [6, 6.07) is 18.8. The molecule has 1 aliphatic rings. The molecule has 0 spiro atoms. The molecular weight excluding hydrogens is 517 g/mol. The van der Waals surface area contributed by atoms with Crippen molar-refractivity contribution >= 4 is 27.3 Å². The van der Waals surface area contributed by atoms with Gasteiger partial charge >= 0.3 is 0 Å². The van der Waals surface area contributed by atoms with Crippen molar-refractivity contribution in [3.05, 3.63) is 84.2 Å². The molecule has 7 nitrogen and oxygen atoms in total. The molecule has 0 saturated carbocycles. The number of amides is 1. The second kappa shape index (κ2) is 12.5. The van der Waals surface area contributed by atoms with Crippen molar-refractivity contribution in [2.45, 2.75) is 44.6 Å². The van der Waals surface area contributed by atoms with E-state index in [0.717, 1.165) is 28.6 Å². The number of hydrogen-bond donors (Lipinski definition) is 1. The Balaban J connectivity index is 1.49. The molecule has 1 heterocycles. The minimum absolute atomic E-state index is 0.00116. The molecule has 0 aromatic heterocycles. The highest BCUT2D eigenvalue weighted by molar-refractivity contribution is 7.92. The van der Waals surface area contributed by atoms with Gasteiger partial charge in [-0.1, -0.05) is 19.1 Å². The summed E-state index contributed by atoms with van der Waals surface area (Å²) in [6.07, 6.45) is 2.43. The Bertz CT molecular complexity index is 1350. The fraction of sp³-hybridized carbons (Fsp3) is 0.367. The van der Waals surface area contributed by atoms with Crippen LogP contribution >= 0.6 is 0 Å². The van der Waals surface area contributed by atoms with Crippen molar-refractivity contribution in [3.8, 4) is 5.75 Å². The number of ether oxygens (including phenoxy) is 1. The standard InChI is InChI=1S/C30H36FN3O4S/c1-4-38-28-15-17-29(18-16-28)39(36,37)34(27-13-9-25(31)10-14-27)21-30(35)32-23(3)24-7-11-26(12-8-24)33-19-5-6-22(2)20-33/h7-18,22-23H,4-6,19-21H2,1-3H3,(H,32,35). The van der Waals surface area contributed by atoms with Crippen LogP contribution in [0, 0.1) is 11.7 Å². The van der Waals surface area contributed by atoms with E-state index in [0.29, 0.717) is 18.3 Å². The van der Waals surface area contributed by atoms with Crippen molar-refractivity contribution in [1.29, 1.82) is 0 Å². The molecule has 9 heteroatoms. The molecule has 2 unspecified atom stereocenters. The molecule has 1 saturated heterocycles. The lowest BCUT2D eigenvalue weighted by atomic mass is 9.99. The second-order valence-electron chi connectivity index (χ2n) is 9.97. The number of halogens is 1. The Morgan fingerprint density at radius 3 is 2.36 bits per heavy atom. The summed E-state index contributed by atoms with van der Waals surface area (Å²) in [5, 5.41) is 2.91. The summed E-state index contributed by atoms with van der Waals surface area (Å²) in [7, 11) is -4.13. The van der Waals surface area contributed by atoms with Gasteiger partial charge in [-0.2, -0.15) is 0 Å². The highest BCUT2D eigenvalue weighted by Crippen LogP contribution is 2.27. The zero-order valence-electron chi connectivity index (χ0n) is 22.6. The minimum atomic E-state index is -4.13. The van der Waals surface area contributed by atoms with Gasteiger partial charge in [-0.3, -0.25) is 9.10 Å². The summed E-state index contributed by atoms with van der Waals surface area (Å²) < 4.78 is 47.2. The number of carbonyl (C=O) groups excluding carboxylic acids is 1. The minimum Gasteiger partial charge on any atom is -0.494 e. The Morgan fingerprint density at radius 1 is 1.08 bits per heavy atom. The normalized spacial score (nSPS) is 16.4. The van der Waals surface area contributed by atoms with Crippen LogP contribution in [0.3, 0.4) is 0 Å². The third-order valence-electron chi connectivity index (χ3n) is 6.92. The van der Waals surface area contributed by atoms with Crippen LogP contribution in [0.1, 0.15) is 45.2 Å². The second-order valence-corrected chi connectivity index (χ2v) is 11.8. The monoisotopic (exact) mass is 553 g/mol. The van der Waals surface area contributed by atoms with E-state index in [1.807, 2.05) is 26.0 Å². The van der Waals surface area contributed by atoms with Crippen molar-refractivity contribution in [2.75, 3.05) is 35.4 Å². The lowest BCUT2D eigenvalue weighted by molar-refractivity contribution is -0.120. The third kappa shape index (κ3) is 7.09. The number of nitrogens with one attached hydrogen (secondary N) is 1. The highest BCUT2D eigenvalue weighted by Gasteiger charge is 2.28. The predicted molar refractivity (Wildman–Crippen MR) is 152 cm³/mol. The highest BCUT2D eigenvalue weighted by atomic mass is 32.2. The van der Waals surface area contributed by atoms with Crippen molar-refractivity contribution in [2.24, 2.45) is 5.92 Å². The number of sulfonamides is 1. The molecule has 4 rings (SSSR count). The van der Waals surface area contributed by atoms with Gasteiger partial charge in [0, 0.05) is 18.8 Å². The quantitative estimate of drug-likeness (QED) is 0.357. The van der Waals surface area contributed by atoms with Gasteiger partial charge in [0.05, 0.1) is 23.2 Å². The zero-order valence-corrected chi connectivity index (χ0v) is 23.5. The lowest BCUT2D eigenvalue weighted by Gasteiger charge is -2.33. The van der Waals surface area contributed by atoms with Gasteiger partial charge in [0.1, 0.15) is 18.1 Å². The Labute approximate surface area is 230 Å². The first-order valence-corrected chi connectivity index (χ1v) is 14.8. The maximum atomic E-state index is 13.6. The fourth-order valence-corrected chi connectivity index (χ4v) is 6.24. The van der Waals surface area contributed by atoms with Gasteiger partial charge in [-0.25, -0.2) is 12.8 Å². The Kier molecular flexibility index (Phi) is 9.12. The summed E-state index contributed by atoms with van der Waals surface area (Å²) in [5.74, 6) is 0.227. The zero-order chi connectivity index (χ0) is 28.0. The van der Waals surface area contributed by atoms with Crippen LogP contribution in [0.25, 0.3) is 0 Å². The first-order chi connectivity index (χ1) is 18.7. The predicted octanol–water partition coefficient (Wildman–Crippen LogP) is 5.53. The maximum Gasteiger partial charge on any atom is 0.264 e. The largest absolute Gasteiger partial charge is 0.494 e. The van der Waals surface area contributed by atoms with Crippen LogP contribution in [0.15, 0.2) is 77.7 Å². The molecule has 1 N–H and O–H groups in total. The van der Waals surface area contributed by atoms with Gasteiger partial charge in [-0.15, -0.1) is 0 Å². The first kappa shape index (κ1) is 28.4. The van der Waals surface area contributed by atoms with E-state index in [9.17, 15) is 17.6 Å². The summed E-state index contributed by atoms with van der Waals surface area (Å²) in [6.45, 7) is 8.03. The summed E-state index contributed by atoms with van der Waals surface area (Å²) in [4.78, 5) is 15.5. The van der Waals surface area contributed by atoms with Crippen molar-refractivity contribution in [3.63, 3.8) is 0 Å². The molecule has 1 amide bonds. The molecule has 0 radical (unpaired) electrons. The first-order valence-electron chi connectivity index (χ1n) is 13.3. The van der Waals surface area contributed by atoms with Crippen LogP contribution in [-0.2, 0) is 14.8 Å². The molecule has 39 heavy (non-hydrogen) atoms. The molecule has 208 valence electrons. The number of rotatable bonds is 10. The van der Waals surface area contributed by atoms with Crippen LogP contribution < -0.4 is 19.3 Å². The topological polar surface area (TPSA) is 79.0 Å². The molecule has 1 aliphatic heterocycles. The SMILES string of the molecule is CCOc1ccc(S(=O)(=O)N(CC(=O)NC(C)c2ccc(N3CCCC(C)C3)cc2)c2ccc(F)cc2)cc1. The van der Waals surface area contributed by atoms with E-state index in [4.69, 9.17) is 4.74 Å².